The van der Waals surface area contributed by atoms with Crippen molar-refractivity contribution in [2.24, 2.45) is 0 Å². The molecule has 0 heterocycles. The van der Waals surface area contributed by atoms with Crippen molar-refractivity contribution in [1.82, 2.24) is 4.90 Å². The van der Waals surface area contributed by atoms with Gasteiger partial charge in [-0.05, 0) is 26.0 Å². The molecule has 0 fully saturated rings. The van der Waals surface area contributed by atoms with Crippen LogP contribution in [0.2, 0.25) is 0 Å². The summed E-state index contributed by atoms with van der Waals surface area (Å²) >= 11 is 0. The van der Waals surface area contributed by atoms with Crippen molar-refractivity contribution in [1.29, 1.82) is 0 Å². The number of carbonyl (C=O) groups excluding carboxylic acids is 1. The van der Waals surface area contributed by atoms with Crippen LogP contribution in [0.25, 0.3) is 0 Å². The van der Waals surface area contributed by atoms with E-state index in [0.717, 1.165) is 11.0 Å². The lowest BCUT2D eigenvalue weighted by molar-refractivity contribution is -0.383. The molecule has 1 aromatic carbocycles. The maximum atomic E-state index is 12.2. The van der Waals surface area contributed by atoms with Gasteiger partial charge in [0.2, 0.25) is 0 Å². The van der Waals surface area contributed by atoms with Gasteiger partial charge in [0.15, 0.2) is 0 Å². The maximum absolute atomic E-state index is 12.2. The molecule has 0 saturated heterocycles. The molecule has 0 spiro atoms. The Morgan fingerprint density at radius 1 is 1.45 bits per heavy atom. The van der Waals surface area contributed by atoms with Crippen LogP contribution >= 0.6 is 0 Å². The summed E-state index contributed by atoms with van der Waals surface area (Å²) in [6, 6.07) is 3.29. The highest BCUT2D eigenvalue weighted by Gasteiger charge is 2.23. The predicted molar refractivity (Wildman–Crippen MR) is 71.3 cm³/mol. The van der Waals surface area contributed by atoms with Gasteiger partial charge in [-0.1, -0.05) is 0 Å². The average molecular weight is 281 g/mol. The largest absolute Gasteiger partial charge is 0.480 e. The second-order valence-electron chi connectivity index (χ2n) is 4.45. The first-order valence-corrected chi connectivity index (χ1v) is 5.80. The van der Waals surface area contributed by atoms with Gasteiger partial charge in [0.25, 0.3) is 11.6 Å². The molecule has 0 saturated carbocycles. The van der Waals surface area contributed by atoms with E-state index in [-0.39, 0.29) is 23.0 Å². The second kappa shape index (κ2) is 6.00. The minimum Gasteiger partial charge on any atom is -0.480 e. The number of nitro benzene ring substituents is 1. The predicted octanol–water partition coefficient (Wildman–Crippen LogP) is 1.11. The van der Waals surface area contributed by atoms with Gasteiger partial charge in [-0.15, -0.1) is 0 Å². The van der Waals surface area contributed by atoms with Crippen LogP contribution in [0.4, 0.5) is 11.4 Å². The number of carboxylic acid groups (broad SMARTS) is 1. The Bertz CT molecular complexity index is 556. The molecule has 0 aliphatic carbocycles. The summed E-state index contributed by atoms with van der Waals surface area (Å²) in [5.41, 5.74) is 5.04. The van der Waals surface area contributed by atoms with E-state index >= 15 is 0 Å². The Morgan fingerprint density at radius 3 is 2.50 bits per heavy atom. The molecule has 0 unspecified atom stereocenters. The Balaban J connectivity index is 3.15. The van der Waals surface area contributed by atoms with Crippen molar-refractivity contribution in [2.75, 3.05) is 12.3 Å². The number of amides is 1. The summed E-state index contributed by atoms with van der Waals surface area (Å²) in [6.45, 7) is 2.84. The fourth-order valence-corrected chi connectivity index (χ4v) is 1.64. The fraction of sp³-hybridized carbons (Fsp3) is 0.333. The van der Waals surface area contributed by atoms with Gasteiger partial charge in [-0.3, -0.25) is 19.7 Å². The molecule has 0 aliphatic heterocycles. The van der Waals surface area contributed by atoms with Gasteiger partial charge in [-0.2, -0.15) is 0 Å². The third-order valence-corrected chi connectivity index (χ3v) is 2.66. The van der Waals surface area contributed by atoms with Crippen LogP contribution in [0, 0.1) is 10.1 Å². The maximum Gasteiger partial charge on any atom is 0.323 e. The first-order valence-electron chi connectivity index (χ1n) is 5.80. The van der Waals surface area contributed by atoms with Crippen LogP contribution in [0.15, 0.2) is 18.2 Å². The van der Waals surface area contributed by atoms with Gasteiger partial charge >= 0.3 is 5.97 Å². The van der Waals surface area contributed by atoms with Crippen molar-refractivity contribution in [3.63, 3.8) is 0 Å². The molecule has 1 amide bonds. The van der Waals surface area contributed by atoms with E-state index in [0.29, 0.717) is 0 Å². The molecule has 0 atom stereocenters. The zero-order valence-electron chi connectivity index (χ0n) is 11.1. The van der Waals surface area contributed by atoms with Gasteiger partial charge in [0.1, 0.15) is 12.2 Å². The van der Waals surface area contributed by atoms with Gasteiger partial charge in [0.05, 0.1) is 4.92 Å². The van der Waals surface area contributed by atoms with Crippen molar-refractivity contribution in [2.45, 2.75) is 19.9 Å². The number of hydrogen-bond acceptors (Lipinski definition) is 5. The van der Waals surface area contributed by atoms with E-state index in [1.165, 1.54) is 12.1 Å². The van der Waals surface area contributed by atoms with E-state index in [9.17, 15) is 19.7 Å². The van der Waals surface area contributed by atoms with Gasteiger partial charge in [0, 0.05) is 17.7 Å². The summed E-state index contributed by atoms with van der Waals surface area (Å²) in [5.74, 6) is -1.75. The number of nitro groups is 1. The van der Waals surface area contributed by atoms with Crippen LogP contribution in [0.3, 0.4) is 0 Å². The number of hydrogen-bond donors (Lipinski definition) is 2. The minimum absolute atomic E-state index is 0.0286. The van der Waals surface area contributed by atoms with E-state index in [2.05, 4.69) is 0 Å². The Hall–Kier alpha value is -2.64. The molecule has 0 aromatic heterocycles. The SMILES string of the molecule is CC(C)N(CC(=O)O)C(=O)c1ccc(N)c([N+](=O)[O-])c1. The Morgan fingerprint density at radius 2 is 2.05 bits per heavy atom. The van der Waals surface area contributed by atoms with Crippen molar-refractivity contribution in [3.8, 4) is 0 Å². The highest BCUT2D eigenvalue weighted by Crippen LogP contribution is 2.23. The number of nitrogens with two attached hydrogens (primary N) is 1. The zero-order valence-corrected chi connectivity index (χ0v) is 11.1. The number of rotatable bonds is 5. The second-order valence-corrected chi connectivity index (χ2v) is 4.45. The molecule has 0 radical (unpaired) electrons. The number of benzene rings is 1. The summed E-state index contributed by atoms with van der Waals surface area (Å²) in [7, 11) is 0. The van der Waals surface area contributed by atoms with E-state index in [4.69, 9.17) is 10.8 Å². The normalized spacial score (nSPS) is 10.3. The molecule has 108 valence electrons. The van der Waals surface area contributed by atoms with Crippen LogP contribution in [-0.4, -0.2) is 39.4 Å². The first kappa shape index (κ1) is 15.4. The number of aliphatic carboxylic acids is 1. The summed E-state index contributed by atoms with van der Waals surface area (Å²) in [4.78, 5) is 34.2. The quantitative estimate of drug-likeness (QED) is 0.473. The van der Waals surface area contributed by atoms with E-state index in [1.54, 1.807) is 13.8 Å². The highest BCUT2D eigenvalue weighted by atomic mass is 16.6. The molecular formula is C12H15N3O5. The lowest BCUT2D eigenvalue weighted by Gasteiger charge is -2.24. The number of nitrogens with zero attached hydrogens (tertiary/aromatic N) is 2. The fourth-order valence-electron chi connectivity index (χ4n) is 1.64. The molecule has 1 rings (SSSR count). The van der Waals surface area contributed by atoms with E-state index in [1.807, 2.05) is 0 Å². The van der Waals surface area contributed by atoms with Crippen LogP contribution in [0.1, 0.15) is 24.2 Å². The molecule has 8 nitrogen and oxygen atoms in total. The summed E-state index contributed by atoms with van der Waals surface area (Å²) < 4.78 is 0. The number of carboxylic acids is 1. The van der Waals surface area contributed by atoms with Gasteiger partial charge < -0.3 is 15.7 Å². The third-order valence-electron chi connectivity index (χ3n) is 2.66. The summed E-state index contributed by atoms with van der Waals surface area (Å²) in [6.07, 6.45) is 0. The summed E-state index contributed by atoms with van der Waals surface area (Å²) in [5, 5.41) is 19.6. The highest BCUT2D eigenvalue weighted by molar-refractivity contribution is 5.97. The third kappa shape index (κ3) is 3.44. The molecule has 20 heavy (non-hydrogen) atoms. The molecule has 1 aromatic rings. The average Bonchev–Trinajstić information content (AvgIpc) is 2.34. The smallest absolute Gasteiger partial charge is 0.323 e. The minimum atomic E-state index is -1.16. The lowest BCUT2D eigenvalue weighted by atomic mass is 10.1. The molecule has 0 bridgehead atoms. The van der Waals surface area contributed by atoms with Gasteiger partial charge in [-0.25, -0.2) is 0 Å². The van der Waals surface area contributed by atoms with Crippen LogP contribution < -0.4 is 5.73 Å². The van der Waals surface area contributed by atoms with Crippen molar-refractivity contribution in [3.05, 3.63) is 33.9 Å². The van der Waals surface area contributed by atoms with E-state index < -0.39 is 23.3 Å². The zero-order chi connectivity index (χ0) is 15.4. The Labute approximate surface area is 114 Å². The lowest BCUT2D eigenvalue weighted by Crippen LogP contribution is -2.40. The standard InChI is InChI=1S/C12H15N3O5/c1-7(2)14(6-11(16)17)12(18)8-3-4-9(13)10(5-8)15(19)20/h3-5,7H,6,13H2,1-2H3,(H,16,17). The first-order chi connectivity index (χ1) is 9.23. The molecule has 8 heteroatoms. The number of nitrogen functional groups attached to an aromatic ring is 1. The number of carbonyl (C=O) groups is 2. The van der Waals surface area contributed by atoms with Crippen LogP contribution in [-0.2, 0) is 4.79 Å². The molecule has 0 aliphatic rings. The van der Waals surface area contributed by atoms with Crippen LogP contribution in [0.5, 0.6) is 0 Å². The molecular weight excluding hydrogens is 266 g/mol. The van der Waals surface area contributed by atoms with Crippen molar-refractivity contribution < 1.29 is 19.6 Å². The monoisotopic (exact) mass is 281 g/mol. The topological polar surface area (TPSA) is 127 Å². The molecule has 3 N–H and O–H groups in total. The number of anilines is 1. The van der Waals surface area contributed by atoms with Crippen molar-refractivity contribution >= 4 is 23.3 Å². The Kier molecular flexibility index (Phi) is 4.63.